The molecule has 3 nitrogen and oxygen atoms in total. The molecule has 5 N–H and O–H groups in total. The van der Waals surface area contributed by atoms with E-state index in [0.29, 0.717) is 17.4 Å². The number of nitrogen functional groups attached to an aromatic ring is 2. The van der Waals surface area contributed by atoms with E-state index in [-0.39, 0.29) is 0 Å². The van der Waals surface area contributed by atoms with Crippen molar-refractivity contribution >= 4 is 17.1 Å². The monoisotopic (exact) mass is 163 g/mol. The van der Waals surface area contributed by atoms with Crippen LogP contribution in [0.4, 0.5) is 17.1 Å². The summed E-state index contributed by atoms with van der Waals surface area (Å²) < 4.78 is 0. The van der Waals surface area contributed by atoms with Crippen molar-refractivity contribution in [1.29, 1.82) is 0 Å². The van der Waals surface area contributed by atoms with Crippen LogP contribution in [0.25, 0.3) is 0 Å². The second kappa shape index (κ2) is 2.59. The Morgan fingerprint density at radius 3 is 2.50 bits per heavy atom. The van der Waals surface area contributed by atoms with E-state index in [9.17, 15) is 0 Å². The van der Waals surface area contributed by atoms with Crippen LogP contribution >= 0.6 is 0 Å². The van der Waals surface area contributed by atoms with Crippen LogP contribution in [0.1, 0.15) is 12.8 Å². The lowest BCUT2D eigenvalue weighted by Gasteiger charge is -2.06. The lowest BCUT2D eigenvalue weighted by Crippen LogP contribution is -2.02. The van der Waals surface area contributed by atoms with E-state index in [4.69, 9.17) is 11.5 Å². The van der Waals surface area contributed by atoms with Crippen LogP contribution < -0.4 is 16.8 Å². The number of benzene rings is 1. The van der Waals surface area contributed by atoms with Gasteiger partial charge in [-0.3, -0.25) is 0 Å². The zero-order chi connectivity index (χ0) is 8.55. The molecule has 0 aliphatic heterocycles. The van der Waals surface area contributed by atoms with E-state index in [2.05, 4.69) is 5.32 Å². The molecule has 0 bridgehead atoms. The predicted octanol–water partition coefficient (Wildman–Crippen LogP) is 1.43. The zero-order valence-electron chi connectivity index (χ0n) is 6.88. The second-order valence-corrected chi connectivity index (χ2v) is 3.26. The highest BCUT2D eigenvalue weighted by molar-refractivity contribution is 5.69. The summed E-state index contributed by atoms with van der Waals surface area (Å²) in [5.74, 6) is 0. The summed E-state index contributed by atoms with van der Waals surface area (Å²) in [6, 6.07) is 6.34. The van der Waals surface area contributed by atoms with Crippen molar-refractivity contribution in [2.24, 2.45) is 0 Å². The van der Waals surface area contributed by atoms with E-state index in [0.717, 1.165) is 5.69 Å². The largest absolute Gasteiger partial charge is 0.397 e. The Kier molecular flexibility index (Phi) is 1.57. The number of nitrogens with one attached hydrogen (secondary N) is 1. The first-order valence-corrected chi connectivity index (χ1v) is 4.17. The Bertz CT molecular complexity index is 292. The quantitative estimate of drug-likeness (QED) is 0.578. The number of rotatable bonds is 2. The van der Waals surface area contributed by atoms with E-state index in [1.807, 2.05) is 18.2 Å². The molecule has 1 saturated carbocycles. The lowest BCUT2D eigenvalue weighted by molar-refractivity contribution is 1.16. The molecule has 1 aromatic carbocycles. The van der Waals surface area contributed by atoms with Gasteiger partial charge >= 0.3 is 0 Å². The van der Waals surface area contributed by atoms with Gasteiger partial charge in [0, 0.05) is 11.7 Å². The summed E-state index contributed by atoms with van der Waals surface area (Å²) in [7, 11) is 0. The number of hydrogen-bond acceptors (Lipinski definition) is 3. The molecule has 0 aromatic heterocycles. The van der Waals surface area contributed by atoms with Crippen molar-refractivity contribution in [1.82, 2.24) is 0 Å². The first-order valence-electron chi connectivity index (χ1n) is 4.17. The molecule has 1 fully saturated rings. The average Bonchev–Trinajstić information content (AvgIpc) is 2.81. The minimum absolute atomic E-state index is 0.649. The predicted molar refractivity (Wildman–Crippen MR) is 51.9 cm³/mol. The molecule has 3 heteroatoms. The normalized spacial score (nSPS) is 16.0. The fourth-order valence-electron chi connectivity index (χ4n) is 1.13. The highest BCUT2D eigenvalue weighted by Gasteiger charge is 2.20. The minimum Gasteiger partial charge on any atom is -0.397 e. The smallest absolute Gasteiger partial charge is 0.0568 e. The molecule has 12 heavy (non-hydrogen) atoms. The van der Waals surface area contributed by atoms with E-state index >= 15 is 0 Å². The minimum atomic E-state index is 0.649. The molecule has 0 saturated heterocycles. The average molecular weight is 163 g/mol. The van der Waals surface area contributed by atoms with Gasteiger partial charge in [0.1, 0.15) is 0 Å². The highest BCUT2D eigenvalue weighted by atomic mass is 15.0. The van der Waals surface area contributed by atoms with Gasteiger partial charge in [-0.2, -0.15) is 0 Å². The maximum atomic E-state index is 5.65. The zero-order valence-corrected chi connectivity index (χ0v) is 6.88. The number of hydrogen-bond donors (Lipinski definition) is 3. The fraction of sp³-hybridized carbons (Fsp3) is 0.333. The third-order valence-electron chi connectivity index (χ3n) is 2.03. The number of anilines is 3. The summed E-state index contributed by atoms with van der Waals surface area (Å²) in [4.78, 5) is 0. The van der Waals surface area contributed by atoms with Crippen molar-refractivity contribution < 1.29 is 0 Å². The molecule has 2 rings (SSSR count). The summed E-state index contributed by atoms with van der Waals surface area (Å²) in [6.45, 7) is 0. The first-order chi connectivity index (χ1) is 5.75. The fourth-order valence-corrected chi connectivity index (χ4v) is 1.13. The van der Waals surface area contributed by atoms with Gasteiger partial charge in [-0.15, -0.1) is 0 Å². The second-order valence-electron chi connectivity index (χ2n) is 3.26. The molecule has 0 amide bonds. The Balaban J connectivity index is 2.15. The molecule has 0 atom stereocenters. The SMILES string of the molecule is Nc1ccc(NC2CC2)cc1N. The third-order valence-corrected chi connectivity index (χ3v) is 2.03. The molecule has 1 aliphatic carbocycles. The number of nitrogens with two attached hydrogens (primary N) is 2. The van der Waals surface area contributed by atoms with Crippen LogP contribution in [0.2, 0.25) is 0 Å². The van der Waals surface area contributed by atoms with Gasteiger partial charge in [0.15, 0.2) is 0 Å². The summed E-state index contributed by atoms with van der Waals surface area (Å²) in [5, 5.41) is 3.35. The molecule has 1 aliphatic rings. The molecular formula is C9H13N3. The lowest BCUT2D eigenvalue weighted by atomic mass is 10.2. The molecule has 0 heterocycles. The van der Waals surface area contributed by atoms with Crippen molar-refractivity contribution in [3.05, 3.63) is 18.2 Å². The van der Waals surface area contributed by atoms with Gasteiger partial charge in [-0.05, 0) is 31.0 Å². The van der Waals surface area contributed by atoms with Gasteiger partial charge in [-0.25, -0.2) is 0 Å². The molecule has 64 valence electrons. The summed E-state index contributed by atoms with van der Waals surface area (Å²) >= 11 is 0. The molecule has 0 radical (unpaired) electrons. The van der Waals surface area contributed by atoms with Crippen molar-refractivity contribution in [3.8, 4) is 0 Å². The van der Waals surface area contributed by atoms with Crippen LogP contribution in [-0.2, 0) is 0 Å². The Morgan fingerprint density at radius 2 is 1.92 bits per heavy atom. The first kappa shape index (κ1) is 7.28. The van der Waals surface area contributed by atoms with Crippen LogP contribution in [0.5, 0.6) is 0 Å². The van der Waals surface area contributed by atoms with Crippen LogP contribution in [0, 0.1) is 0 Å². The molecule has 0 unspecified atom stereocenters. The Labute approximate surface area is 71.8 Å². The maximum absolute atomic E-state index is 5.65. The van der Waals surface area contributed by atoms with Crippen LogP contribution in [0.15, 0.2) is 18.2 Å². The van der Waals surface area contributed by atoms with Gasteiger partial charge < -0.3 is 16.8 Å². The van der Waals surface area contributed by atoms with Crippen LogP contribution in [0.3, 0.4) is 0 Å². The van der Waals surface area contributed by atoms with Gasteiger partial charge in [0.2, 0.25) is 0 Å². The topological polar surface area (TPSA) is 64.1 Å². The van der Waals surface area contributed by atoms with E-state index in [1.165, 1.54) is 12.8 Å². The van der Waals surface area contributed by atoms with Gasteiger partial charge in [0.05, 0.1) is 11.4 Å². The third kappa shape index (κ3) is 1.44. The van der Waals surface area contributed by atoms with E-state index in [1.54, 1.807) is 0 Å². The van der Waals surface area contributed by atoms with Crippen molar-refractivity contribution in [2.75, 3.05) is 16.8 Å². The van der Waals surface area contributed by atoms with Gasteiger partial charge in [0.25, 0.3) is 0 Å². The summed E-state index contributed by atoms with van der Waals surface area (Å²) in [6.07, 6.45) is 2.54. The standard InChI is InChI=1S/C9H13N3/c10-8-4-3-7(5-9(8)11)12-6-1-2-6/h3-6,12H,1-2,10-11H2. The van der Waals surface area contributed by atoms with Crippen molar-refractivity contribution in [2.45, 2.75) is 18.9 Å². The van der Waals surface area contributed by atoms with Gasteiger partial charge in [-0.1, -0.05) is 0 Å². The molecular weight excluding hydrogens is 150 g/mol. The summed E-state index contributed by atoms with van der Waals surface area (Å²) in [5.41, 5.74) is 13.6. The Hall–Kier alpha value is -1.38. The van der Waals surface area contributed by atoms with Crippen LogP contribution in [-0.4, -0.2) is 6.04 Å². The highest BCUT2D eigenvalue weighted by Crippen LogP contribution is 2.27. The maximum Gasteiger partial charge on any atom is 0.0568 e. The van der Waals surface area contributed by atoms with E-state index < -0.39 is 0 Å². The van der Waals surface area contributed by atoms with Crippen molar-refractivity contribution in [3.63, 3.8) is 0 Å². The molecule has 1 aromatic rings. The Morgan fingerprint density at radius 1 is 1.17 bits per heavy atom. The molecule has 0 spiro atoms.